The number of halogens is 1. The number of aryl methyl sites for hydroxylation is 1. The van der Waals surface area contributed by atoms with E-state index < -0.39 is 0 Å². The van der Waals surface area contributed by atoms with Crippen LogP contribution in [0.5, 0.6) is 0 Å². The average molecular weight is 364 g/mol. The SMILES string of the molecule is CCCCNC(=NC)N(C)Cc1cccn1C.I. The average Bonchev–Trinajstić information content (AvgIpc) is 2.70. The lowest BCUT2D eigenvalue weighted by molar-refractivity contribution is 0.461. The molecule has 0 saturated carbocycles. The highest BCUT2D eigenvalue weighted by Gasteiger charge is 2.07. The minimum absolute atomic E-state index is 0. The Kier molecular flexibility index (Phi) is 8.87. The first-order valence-electron chi connectivity index (χ1n) is 6.21. The molecule has 0 saturated heterocycles. The first-order valence-corrected chi connectivity index (χ1v) is 6.21. The van der Waals surface area contributed by atoms with Crippen molar-refractivity contribution in [3.8, 4) is 0 Å². The first-order chi connectivity index (χ1) is 8.19. The number of hydrogen-bond donors (Lipinski definition) is 1. The second-order valence-corrected chi connectivity index (χ2v) is 4.29. The number of nitrogens with one attached hydrogen (secondary N) is 1. The number of aliphatic imine (C=N–C) groups is 1. The van der Waals surface area contributed by atoms with Gasteiger partial charge in [-0.15, -0.1) is 24.0 Å². The van der Waals surface area contributed by atoms with E-state index in [1.54, 1.807) is 0 Å². The maximum Gasteiger partial charge on any atom is 0.193 e. The summed E-state index contributed by atoms with van der Waals surface area (Å²) in [7, 11) is 5.96. The highest BCUT2D eigenvalue weighted by molar-refractivity contribution is 14.0. The van der Waals surface area contributed by atoms with Crippen LogP contribution in [0.3, 0.4) is 0 Å². The molecule has 5 heteroatoms. The summed E-state index contributed by atoms with van der Waals surface area (Å²) in [5, 5.41) is 3.37. The van der Waals surface area contributed by atoms with E-state index in [2.05, 4.69) is 59.1 Å². The molecule has 1 aromatic heterocycles. The first kappa shape index (κ1) is 17.3. The van der Waals surface area contributed by atoms with Gasteiger partial charge in [0.15, 0.2) is 5.96 Å². The zero-order valence-electron chi connectivity index (χ0n) is 11.8. The van der Waals surface area contributed by atoms with Gasteiger partial charge in [-0.2, -0.15) is 0 Å². The summed E-state index contributed by atoms with van der Waals surface area (Å²) in [5.41, 5.74) is 1.28. The van der Waals surface area contributed by atoms with Crippen LogP contribution in [0.15, 0.2) is 23.3 Å². The Balaban J connectivity index is 0.00000289. The molecule has 1 rings (SSSR count). The summed E-state index contributed by atoms with van der Waals surface area (Å²) < 4.78 is 2.13. The van der Waals surface area contributed by atoms with Gasteiger partial charge in [0, 0.05) is 39.6 Å². The maximum atomic E-state index is 4.29. The van der Waals surface area contributed by atoms with E-state index in [1.807, 2.05) is 7.05 Å². The summed E-state index contributed by atoms with van der Waals surface area (Å²) >= 11 is 0. The molecule has 0 radical (unpaired) electrons. The largest absolute Gasteiger partial charge is 0.356 e. The molecule has 104 valence electrons. The maximum absolute atomic E-state index is 4.29. The Hall–Kier alpha value is -0.720. The van der Waals surface area contributed by atoms with Gasteiger partial charge in [0.05, 0.1) is 6.54 Å². The Morgan fingerprint density at radius 1 is 1.50 bits per heavy atom. The van der Waals surface area contributed by atoms with Crippen molar-refractivity contribution in [2.45, 2.75) is 26.3 Å². The quantitative estimate of drug-likeness (QED) is 0.377. The Bertz CT molecular complexity index is 360. The van der Waals surface area contributed by atoms with Gasteiger partial charge in [0.2, 0.25) is 0 Å². The van der Waals surface area contributed by atoms with Crippen molar-refractivity contribution in [1.82, 2.24) is 14.8 Å². The fourth-order valence-corrected chi connectivity index (χ4v) is 1.74. The second-order valence-electron chi connectivity index (χ2n) is 4.29. The molecule has 0 aliphatic carbocycles. The van der Waals surface area contributed by atoms with Crippen molar-refractivity contribution in [2.24, 2.45) is 12.0 Å². The van der Waals surface area contributed by atoms with Crippen LogP contribution in [0.25, 0.3) is 0 Å². The lowest BCUT2D eigenvalue weighted by atomic mass is 10.3. The zero-order valence-corrected chi connectivity index (χ0v) is 14.1. The number of guanidine groups is 1. The van der Waals surface area contributed by atoms with Crippen LogP contribution >= 0.6 is 24.0 Å². The molecule has 0 aromatic carbocycles. The van der Waals surface area contributed by atoms with Gasteiger partial charge in [-0.25, -0.2) is 0 Å². The molecular formula is C13H25IN4. The predicted molar refractivity (Wildman–Crippen MR) is 88.6 cm³/mol. The van der Waals surface area contributed by atoms with Crippen molar-refractivity contribution >= 4 is 29.9 Å². The summed E-state index contributed by atoms with van der Waals surface area (Å²) in [6.07, 6.45) is 4.44. The minimum atomic E-state index is 0. The highest BCUT2D eigenvalue weighted by Crippen LogP contribution is 2.03. The predicted octanol–water partition coefficient (Wildman–Crippen LogP) is 2.45. The molecule has 0 amide bonds. The van der Waals surface area contributed by atoms with Crippen LogP contribution in [-0.2, 0) is 13.6 Å². The lowest BCUT2D eigenvalue weighted by Crippen LogP contribution is -2.39. The van der Waals surface area contributed by atoms with Crippen LogP contribution in [0.1, 0.15) is 25.5 Å². The van der Waals surface area contributed by atoms with Crippen LogP contribution in [0.4, 0.5) is 0 Å². The molecule has 0 spiro atoms. The molecular weight excluding hydrogens is 339 g/mol. The van der Waals surface area contributed by atoms with Crippen LogP contribution in [0, 0.1) is 0 Å². The summed E-state index contributed by atoms with van der Waals surface area (Å²) in [5.74, 6) is 0.958. The molecule has 0 aliphatic rings. The second kappa shape index (κ2) is 9.24. The third-order valence-electron chi connectivity index (χ3n) is 2.84. The number of unbranched alkanes of at least 4 members (excludes halogenated alkanes) is 1. The van der Waals surface area contributed by atoms with Gasteiger partial charge in [0.1, 0.15) is 0 Å². The molecule has 1 N–H and O–H groups in total. The fraction of sp³-hybridized carbons (Fsp3) is 0.615. The molecule has 1 aromatic rings. The number of aromatic nitrogens is 1. The molecule has 0 fully saturated rings. The topological polar surface area (TPSA) is 32.6 Å². The van der Waals surface area contributed by atoms with E-state index in [0.717, 1.165) is 19.0 Å². The molecule has 0 aliphatic heterocycles. The standard InChI is InChI=1S/C13H24N4.HI/c1-5-6-9-15-13(14-2)17(4)11-12-8-7-10-16(12)3;/h7-8,10H,5-6,9,11H2,1-4H3,(H,14,15);1H. The van der Waals surface area contributed by atoms with Gasteiger partial charge in [0.25, 0.3) is 0 Å². The van der Waals surface area contributed by atoms with E-state index in [-0.39, 0.29) is 24.0 Å². The Labute approximate surface area is 127 Å². The number of rotatable bonds is 5. The van der Waals surface area contributed by atoms with E-state index in [1.165, 1.54) is 18.5 Å². The summed E-state index contributed by atoms with van der Waals surface area (Å²) in [6, 6.07) is 4.20. The third kappa shape index (κ3) is 5.29. The van der Waals surface area contributed by atoms with Crippen LogP contribution in [0.2, 0.25) is 0 Å². The monoisotopic (exact) mass is 364 g/mol. The van der Waals surface area contributed by atoms with Crippen molar-refractivity contribution in [2.75, 3.05) is 20.6 Å². The summed E-state index contributed by atoms with van der Waals surface area (Å²) in [4.78, 5) is 6.44. The minimum Gasteiger partial charge on any atom is -0.356 e. The van der Waals surface area contributed by atoms with Crippen molar-refractivity contribution in [3.05, 3.63) is 24.0 Å². The molecule has 18 heavy (non-hydrogen) atoms. The van der Waals surface area contributed by atoms with E-state index in [0.29, 0.717) is 0 Å². The number of nitrogens with zero attached hydrogens (tertiary/aromatic N) is 3. The zero-order chi connectivity index (χ0) is 12.7. The summed E-state index contributed by atoms with van der Waals surface area (Å²) in [6.45, 7) is 4.05. The third-order valence-corrected chi connectivity index (χ3v) is 2.84. The molecule has 1 heterocycles. The normalized spacial score (nSPS) is 11.0. The van der Waals surface area contributed by atoms with Gasteiger partial charge in [-0.05, 0) is 18.6 Å². The molecule has 0 atom stereocenters. The molecule has 0 unspecified atom stereocenters. The van der Waals surface area contributed by atoms with E-state index >= 15 is 0 Å². The van der Waals surface area contributed by atoms with Gasteiger partial charge in [-0.1, -0.05) is 13.3 Å². The van der Waals surface area contributed by atoms with Gasteiger partial charge in [-0.3, -0.25) is 4.99 Å². The van der Waals surface area contributed by atoms with Crippen molar-refractivity contribution in [1.29, 1.82) is 0 Å². The highest BCUT2D eigenvalue weighted by atomic mass is 127. The molecule has 4 nitrogen and oxygen atoms in total. The number of hydrogen-bond acceptors (Lipinski definition) is 1. The van der Waals surface area contributed by atoms with Crippen LogP contribution in [-0.4, -0.2) is 36.1 Å². The van der Waals surface area contributed by atoms with Gasteiger partial charge < -0.3 is 14.8 Å². The van der Waals surface area contributed by atoms with Gasteiger partial charge >= 0.3 is 0 Å². The Morgan fingerprint density at radius 2 is 2.22 bits per heavy atom. The smallest absolute Gasteiger partial charge is 0.193 e. The lowest BCUT2D eigenvalue weighted by Gasteiger charge is -2.22. The van der Waals surface area contributed by atoms with Crippen molar-refractivity contribution in [3.63, 3.8) is 0 Å². The van der Waals surface area contributed by atoms with E-state index in [4.69, 9.17) is 0 Å². The van der Waals surface area contributed by atoms with Crippen LogP contribution < -0.4 is 5.32 Å². The Morgan fingerprint density at radius 3 is 2.72 bits per heavy atom. The molecule has 0 bridgehead atoms. The fourth-order valence-electron chi connectivity index (χ4n) is 1.74. The van der Waals surface area contributed by atoms with E-state index in [9.17, 15) is 0 Å². The van der Waals surface area contributed by atoms with Crippen molar-refractivity contribution < 1.29 is 0 Å².